The first kappa shape index (κ1) is 19.0. The number of anilines is 1. The van der Waals surface area contributed by atoms with Gasteiger partial charge >= 0.3 is 6.03 Å². The lowest BCUT2D eigenvalue weighted by Gasteiger charge is -2.43. The Morgan fingerprint density at radius 1 is 1.18 bits per heavy atom. The number of carbonyl (C=O) groups excluding carboxylic acids is 3. The van der Waals surface area contributed by atoms with Crippen LogP contribution in [0, 0.1) is 11.3 Å². The van der Waals surface area contributed by atoms with Crippen molar-refractivity contribution in [1.82, 2.24) is 10.2 Å². The van der Waals surface area contributed by atoms with Gasteiger partial charge in [-0.2, -0.15) is 0 Å². The number of para-hydroxylation sites is 1. The van der Waals surface area contributed by atoms with Crippen molar-refractivity contribution in [3.8, 4) is 0 Å². The molecule has 1 aromatic carbocycles. The maximum Gasteiger partial charge on any atom is 0.325 e. The van der Waals surface area contributed by atoms with E-state index in [2.05, 4.69) is 26.1 Å². The number of hydrogen-bond donors (Lipinski definition) is 1. The van der Waals surface area contributed by atoms with Crippen molar-refractivity contribution < 1.29 is 14.4 Å². The standard InChI is InChI=1S/C22H29N3O3/c1-14-10-21(3,4)13-22(11-14)19(27)24(20(28)23-22)12-18(26)25-15(2)9-16-7-5-6-8-17(16)25/h5-8,14-15H,9-13H2,1-4H3,(H,23,28). The smallest absolute Gasteiger partial charge is 0.323 e. The van der Waals surface area contributed by atoms with Crippen molar-refractivity contribution in [2.75, 3.05) is 11.4 Å². The molecule has 1 N–H and O–H groups in total. The van der Waals surface area contributed by atoms with E-state index < -0.39 is 11.6 Å². The third kappa shape index (κ3) is 2.99. The second-order valence-electron chi connectivity index (χ2n) is 9.70. The molecule has 1 aromatic rings. The Morgan fingerprint density at radius 2 is 1.89 bits per heavy atom. The molecule has 0 radical (unpaired) electrons. The zero-order chi connectivity index (χ0) is 20.3. The number of rotatable bonds is 2. The van der Waals surface area contributed by atoms with Crippen LogP contribution < -0.4 is 10.2 Å². The zero-order valence-electron chi connectivity index (χ0n) is 17.1. The Bertz CT molecular complexity index is 849. The van der Waals surface area contributed by atoms with Crippen molar-refractivity contribution in [3.05, 3.63) is 29.8 Å². The molecule has 3 atom stereocenters. The van der Waals surface area contributed by atoms with Crippen LogP contribution in [0.5, 0.6) is 0 Å². The summed E-state index contributed by atoms with van der Waals surface area (Å²) in [5.74, 6) is -0.110. The van der Waals surface area contributed by atoms with Crippen LogP contribution in [-0.4, -0.2) is 40.9 Å². The van der Waals surface area contributed by atoms with E-state index >= 15 is 0 Å². The summed E-state index contributed by atoms with van der Waals surface area (Å²) in [7, 11) is 0. The summed E-state index contributed by atoms with van der Waals surface area (Å²) < 4.78 is 0. The van der Waals surface area contributed by atoms with E-state index in [-0.39, 0.29) is 29.8 Å². The summed E-state index contributed by atoms with van der Waals surface area (Å²) >= 11 is 0. The van der Waals surface area contributed by atoms with Crippen molar-refractivity contribution in [3.63, 3.8) is 0 Å². The van der Waals surface area contributed by atoms with Gasteiger partial charge in [0.15, 0.2) is 0 Å². The van der Waals surface area contributed by atoms with E-state index in [9.17, 15) is 14.4 Å². The molecule has 28 heavy (non-hydrogen) atoms. The van der Waals surface area contributed by atoms with Crippen LogP contribution in [0.15, 0.2) is 24.3 Å². The highest BCUT2D eigenvalue weighted by atomic mass is 16.2. The molecule has 2 aliphatic heterocycles. The minimum Gasteiger partial charge on any atom is -0.323 e. The molecule has 1 saturated carbocycles. The van der Waals surface area contributed by atoms with Gasteiger partial charge in [-0.3, -0.25) is 14.5 Å². The molecule has 2 fully saturated rings. The molecular formula is C22H29N3O3. The lowest BCUT2D eigenvalue weighted by molar-refractivity contribution is -0.137. The minimum atomic E-state index is -0.868. The molecule has 3 aliphatic rings. The average molecular weight is 383 g/mol. The summed E-state index contributed by atoms with van der Waals surface area (Å²) in [5.41, 5.74) is 1.12. The zero-order valence-corrected chi connectivity index (χ0v) is 17.1. The van der Waals surface area contributed by atoms with Crippen molar-refractivity contribution in [2.45, 2.75) is 65.0 Å². The van der Waals surface area contributed by atoms with Gasteiger partial charge in [-0.25, -0.2) is 4.79 Å². The Balaban J connectivity index is 1.55. The third-order valence-corrected chi connectivity index (χ3v) is 6.39. The molecule has 2 heterocycles. The monoisotopic (exact) mass is 383 g/mol. The first-order chi connectivity index (χ1) is 13.1. The number of amides is 4. The van der Waals surface area contributed by atoms with E-state index in [0.29, 0.717) is 18.8 Å². The first-order valence-corrected chi connectivity index (χ1v) is 10.2. The highest BCUT2D eigenvalue weighted by Gasteiger charge is 2.56. The molecule has 4 amide bonds. The number of nitrogens with zero attached hydrogens (tertiary/aromatic N) is 2. The van der Waals surface area contributed by atoms with Gasteiger partial charge in [0.2, 0.25) is 5.91 Å². The molecule has 3 unspecified atom stereocenters. The molecule has 4 rings (SSSR count). The Hall–Kier alpha value is -2.37. The van der Waals surface area contributed by atoms with Gasteiger partial charge in [0.1, 0.15) is 12.1 Å². The predicted octanol–water partition coefficient (Wildman–Crippen LogP) is 3.10. The Kier molecular flexibility index (Phi) is 4.28. The van der Waals surface area contributed by atoms with E-state index in [0.717, 1.165) is 29.0 Å². The van der Waals surface area contributed by atoms with Crippen molar-refractivity contribution in [1.29, 1.82) is 0 Å². The minimum absolute atomic E-state index is 0.0215. The average Bonchev–Trinajstić information content (AvgIpc) is 3.01. The summed E-state index contributed by atoms with van der Waals surface area (Å²) in [6, 6.07) is 7.40. The van der Waals surface area contributed by atoms with Crippen LogP contribution in [0.1, 0.15) is 52.5 Å². The molecule has 0 aromatic heterocycles. The van der Waals surface area contributed by atoms with E-state index in [1.165, 1.54) is 0 Å². The number of fused-ring (bicyclic) bond motifs is 1. The normalized spacial score (nSPS) is 31.3. The lowest BCUT2D eigenvalue weighted by Crippen LogP contribution is -2.54. The van der Waals surface area contributed by atoms with Gasteiger partial charge in [0.25, 0.3) is 5.91 Å². The third-order valence-electron chi connectivity index (χ3n) is 6.39. The fourth-order valence-electron chi connectivity index (χ4n) is 5.81. The van der Waals surface area contributed by atoms with E-state index in [1.807, 2.05) is 31.2 Å². The topological polar surface area (TPSA) is 69.7 Å². The SMILES string of the molecule is CC1CC(C)(C)CC2(C1)NC(=O)N(CC(=O)N1c3ccccc3CC1C)C2=O. The summed E-state index contributed by atoms with van der Waals surface area (Å²) in [6.07, 6.45) is 3.06. The van der Waals surface area contributed by atoms with Gasteiger partial charge in [0, 0.05) is 11.7 Å². The highest BCUT2D eigenvalue weighted by molar-refractivity contribution is 6.11. The second-order valence-corrected chi connectivity index (χ2v) is 9.70. The van der Waals surface area contributed by atoms with Crippen LogP contribution >= 0.6 is 0 Å². The van der Waals surface area contributed by atoms with Crippen molar-refractivity contribution >= 4 is 23.5 Å². The van der Waals surface area contributed by atoms with Crippen molar-refractivity contribution in [2.24, 2.45) is 11.3 Å². The van der Waals surface area contributed by atoms with Gasteiger partial charge in [-0.1, -0.05) is 39.0 Å². The molecular weight excluding hydrogens is 354 g/mol. The van der Waals surface area contributed by atoms with Crippen LogP contribution in [0.25, 0.3) is 0 Å². The molecule has 0 bridgehead atoms. The number of imide groups is 1. The summed E-state index contributed by atoms with van der Waals surface area (Å²) in [5, 5.41) is 2.95. The van der Waals surface area contributed by atoms with E-state index in [1.54, 1.807) is 4.90 Å². The number of benzene rings is 1. The van der Waals surface area contributed by atoms with Gasteiger partial charge < -0.3 is 10.2 Å². The summed E-state index contributed by atoms with van der Waals surface area (Å²) in [4.78, 5) is 41.9. The molecule has 6 heteroatoms. The van der Waals surface area contributed by atoms with Gasteiger partial charge in [0.05, 0.1) is 0 Å². The predicted molar refractivity (Wildman–Crippen MR) is 107 cm³/mol. The van der Waals surface area contributed by atoms with E-state index in [4.69, 9.17) is 0 Å². The lowest BCUT2D eigenvalue weighted by atomic mass is 9.64. The first-order valence-electron chi connectivity index (χ1n) is 10.2. The van der Waals surface area contributed by atoms with Crippen LogP contribution in [-0.2, 0) is 16.0 Å². The van der Waals surface area contributed by atoms with Gasteiger partial charge in [-0.05, 0) is 55.6 Å². The largest absolute Gasteiger partial charge is 0.325 e. The maximum absolute atomic E-state index is 13.3. The Morgan fingerprint density at radius 3 is 2.61 bits per heavy atom. The number of nitrogens with one attached hydrogen (secondary N) is 1. The second kappa shape index (κ2) is 6.33. The van der Waals surface area contributed by atoms with Crippen LogP contribution in [0.3, 0.4) is 0 Å². The Labute approximate surface area is 166 Å². The highest BCUT2D eigenvalue weighted by Crippen LogP contribution is 2.46. The molecule has 1 saturated heterocycles. The molecule has 150 valence electrons. The number of carbonyl (C=O) groups is 3. The van der Waals surface area contributed by atoms with Crippen LogP contribution in [0.2, 0.25) is 0 Å². The molecule has 6 nitrogen and oxygen atoms in total. The van der Waals surface area contributed by atoms with Gasteiger partial charge in [-0.15, -0.1) is 0 Å². The summed E-state index contributed by atoms with van der Waals surface area (Å²) in [6.45, 7) is 8.19. The molecule has 1 aliphatic carbocycles. The van der Waals surface area contributed by atoms with Crippen LogP contribution in [0.4, 0.5) is 10.5 Å². The maximum atomic E-state index is 13.3. The fraction of sp³-hybridized carbons (Fsp3) is 0.591. The number of urea groups is 1. The molecule has 1 spiro atoms. The fourth-order valence-corrected chi connectivity index (χ4v) is 5.81. The number of hydrogen-bond acceptors (Lipinski definition) is 3. The quantitative estimate of drug-likeness (QED) is 0.798.